The van der Waals surface area contributed by atoms with Crippen LogP contribution in [0, 0.1) is 20.8 Å². The van der Waals surface area contributed by atoms with Crippen LogP contribution in [0.25, 0.3) is 11.3 Å². The molecule has 20 heavy (non-hydrogen) atoms. The molecular formula is C17H23N3. The van der Waals surface area contributed by atoms with Crippen molar-refractivity contribution in [1.82, 2.24) is 15.3 Å². The second-order valence-corrected chi connectivity index (χ2v) is 5.34. The molecule has 0 saturated carbocycles. The molecule has 2 aromatic rings. The summed E-state index contributed by atoms with van der Waals surface area (Å²) in [6.45, 7) is 7.43. The van der Waals surface area contributed by atoms with Crippen molar-refractivity contribution < 1.29 is 0 Å². The Morgan fingerprint density at radius 1 is 1.10 bits per heavy atom. The molecule has 0 spiro atoms. The third kappa shape index (κ3) is 3.42. The van der Waals surface area contributed by atoms with Crippen LogP contribution in [0.15, 0.2) is 24.4 Å². The van der Waals surface area contributed by atoms with Crippen LogP contribution in [0.5, 0.6) is 0 Å². The van der Waals surface area contributed by atoms with Gasteiger partial charge in [0.1, 0.15) is 5.82 Å². The Bertz CT molecular complexity index is 568. The summed E-state index contributed by atoms with van der Waals surface area (Å²) in [6, 6.07) is 6.43. The van der Waals surface area contributed by atoms with Gasteiger partial charge in [-0.1, -0.05) is 17.7 Å². The summed E-state index contributed by atoms with van der Waals surface area (Å²) >= 11 is 0. The van der Waals surface area contributed by atoms with E-state index in [-0.39, 0.29) is 0 Å². The molecule has 3 nitrogen and oxygen atoms in total. The molecule has 1 aromatic carbocycles. The van der Waals surface area contributed by atoms with Crippen LogP contribution in [0.3, 0.4) is 0 Å². The smallest absolute Gasteiger partial charge is 0.128 e. The van der Waals surface area contributed by atoms with Crippen LogP contribution in [0.1, 0.15) is 28.9 Å². The fourth-order valence-electron chi connectivity index (χ4n) is 2.67. The molecule has 2 rings (SSSR count). The van der Waals surface area contributed by atoms with E-state index in [1.807, 2.05) is 19.3 Å². The molecule has 0 atom stereocenters. The fourth-order valence-corrected chi connectivity index (χ4v) is 2.67. The first kappa shape index (κ1) is 14.7. The molecule has 1 N–H and O–H groups in total. The van der Waals surface area contributed by atoms with Crippen LogP contribution >= 0.6 is 0 Å². The topological polar surface area (TPSA) is 37.8 Å². The van der Waals surface area contributed by atoms with Gasteiger partial charge in [0.2, 0.25) is 0 Å². The molecule has 0 bridgehead atoms. The highest BCUT2D eigenvalue weighted by atomic mass is 14.9. The monoisotopic (exact) mass is 269 g/mol. The van der Waals surface area contributed by atoms with Crippen LogP contribution in [-0.2, 0) is 6.42 Å². The lowest BCUT2D eigenvalue weighted by Crippen LogP contribution is -2.09. The summed E-state index contributed by atoms with van der Waals surface area (Å²) in [6.07, 6.45) is 3.85. The van der Waals surface area contributed by atoms with Gasteiger partial charge in [0.15, 0.2) is 0 Å². The van der Waals surface area contributed by atoms with E-state index >= 15 is 0 Å². The predicted octanol–water partition coefficient (Wildman–Crippen LogP) is 3.22. The SMILES string of the molecule is CNCCCc1nccc(-c2c(C)cc(C)cc2C)n1. The van der Waals surface area contributed by atoms with Crippen molar-refractivity contribution in [3.8, 4) is 11.3 Å². The number of aryl methyl sites for hydroxylation is 4. The standard InChI is InChI=1S/C17H23N3/c1-12-10-13(2)17(14(3)11-12)15-7-9-19-16(20-15)6-5-8-18-4/h7,9-11,18H,5-6,8H2,1-4H3. The summed E-state index contributed by atoms with van der Waals surface area (Å²) in [5.41, 5.74) is 6.14. The van der Waals surface area contributed by atoms with E-state index in [0.717, 1.165) is 30.9 Å². The van der Waals surface area contributed by atoms with Crippen molar-refractivity contribution in [3.05, 3.63) is 46.9 Å². The van der Waals surface area contributed by atoms with Gasteiger partial charge in [-0.3, -0.25) is 0 Å². The fraction of sp³-hybridized carbons (Fsp3) is 0.412. The molecule has 1 aromatic heterocycles. The number of nitrogens with one attached hydrogen (secondary N) is 1. The summed E-state index contributed by atoms with van der Waals surface area (Å²) in [5, 5.41) is 3.15. The molecule has 0 unspecified atom stereocenters. The minimum Gasteiger partial charge on any atom is -0.320 e. The van der Waals surface area contributed by atoms with Crippen molar-refractivity contribution in [3.63, 3.8) is 0 Å². The molecule has 0 fully saturated rings. The highest BCUT2D eigenvalue weighted by molar-refractivity contribution is 5.67. The Kier molecular flexibility index (Phi) is 4.85. The van der Waals surface area contributed by atoms with Gasteiger partial charge in [0.25, 0.3) is 0 Å². The molecule has 0 aliphatic carbocycles. The van der Waals surface area contributed by atoms with Crippen molar-refractivity contribution >= 4 is 0 Å². The van der Waals surface area contributed by atoms with E-state index in [1.165, 1.54) is 22.3 Å². The molecule has 0 saturated heterocycles. The Hall–Kier alpha value is -1.74. The summed E-state index contributed by atoms with van der Waals surface area (Å²) in [5.74, 6) is 0.928. The quantitative estimate of drug-likeness (QED) is 0.847. The van der Waals surface area contributed by atoms with Gasteiger partial charge in [0, 0.05) is 18.2 Å². The molecule has 3 heteroatoms. The molecule has 0 aliphatic heterocycles. The highest BCUT2D eigenvalue weighted by Gasteiger charge is 2.09. The van der Waals surface area contributed by atoms with E-state index in [9.17, 15) is 0 Å². The van der Waals surface area contributed by atoms with Gasteiger partial charge in [-0.15, -0.1) is 0 Å². The van der Waals surface area contributed by atoms with Gasteiger partial charge in [-0.2, -0.15) is 0 Å². The zero-order chi connectivity index (χ0) is 14.5. The molecule has 0 radical (unpaired) electrons. The lowest BCUT2D eigenvalue weighted by molar-refractivity contribution is 0.702. The van der Waals surface area contributed by atoms with E-state index in [2.05, 4.69) is 43.2 Å². The second kappa shape index (κ2) is 6.62. The first-order valence-corrected chi connectivity index (χ1v) is 7.16. The zero-order valence-electron chi connectivity index (χ0n) is 12.8. The van der Waals surface area contributed by atoms with Crippen molar-refractivity contribution in [2.75, 3.05) is 13.6 Å². The Morgan fingerprint density at radius 3 is 2.45 bits per heavy atom. The molecule has 0 aliphatic rings. The number of benzene rings is 1. The maximum atomic E-state index is 4.73. The van der Waals surface area contributed by atoms with Gasteiger partial charge < -0.3 is 5.32 Å². The van der Waals surface area contributed by atoms with Crippen LogP contribution in [0.4, 0.5) is 0 Å². The number of hydrogen-bond donors (Lipinski definition) is 1. The van der Waals surface area contributed by atoms with E-state index in [4.69, 9.17) is 4.98 Å². The van der Waals surface area contributed by atoms with Crippen molar-refractivity contribution in [1.29, 1.82) is 0 Å². The summed E-state index contributed by atoms with van der Waals surface area (Å²) in [7, 11) is 1.97. The molecule has 1 heterocycles. The third-order valence-corrected chi connectivity index (χ3v) is 3.47. The average molecular weight is 269 g/mol. The van der Waals surface area contributed by atoms with Gasteiger partial charge in [-0.25, -0.2) is 9.97 Å². The maximum absolute atomic E-state index is 4.73. The normalized spacial score (nSPS) is 10.8. The van der Waals surface area contributed by atoms with Crippen LogP contribution in [0.2, 0.25) is 0 Å². The number of hydrogen-bond acceptors (Lipinski definition) is 3. The zero-order valence-corrected chi connectivity index (χ0v) is 12.8. The van der Waals surface area contributed by atoms with Crippen molar-refractivity contribution in [2.45, 2.75) is 33.6 Å². The lowest BCUT2D eigenvalue weighted by atomic mass is 9.97. The minimum absolute atomic E-state index is 0.915. The van der Waals surface area contributed by atoms with Crippen molar-refractivity contribution in [2.24, 2.45) is 0 Å². The lowest BCUT2D eigenvalue weighted by Gasteiger charge is -2.11. The highest BCUT2D eigenvalue weighted by Crippen LogP contribution is 2.26. The minimum atomic E-state index is 0.915. The summed E-state index contributed by atoms with van der Waals surface area (Å²) in [4.78, 5) is 9.10. The first-order valence-electron chi connectivity index (χ1n) is 7.16. The summed E-state index contributed by atoms with van der Waals surface area (Å²) < 4.78 is 0. The Morgan fingerprint density at radius 2 is 1.80 bits per heavy atom. The average Bonchev–Trinajstić information content (AvgIpc) is 2.38. The van der Waals surface area contributed by atoms with Gasteiger partial charge in [0.05, 0.1) is 5.69 Å². The van der Waals surface area contributed by atoms with E-state index < -0.39 is 0 Å². The van der Waals surface area contributed by atoms with Gasteiger partial charge >= 0.3 is 0 Å². The molecule has 0 amide bonds. The van der Waals surface area contributed by atoms with E-state index in [0.29, 0.717) is 0 Å². The maximum Gasteiger partial charge on any atom is 0.128 e. The first-order chi connectivity index (χ1) is 9.61. The van der Waals surface area contributed by atoms with E-state index in [1.54, 1.807) is 0 Å². The Labute approximate surface area is 121 Å². The van der Waals surface area contributed by atoms with Crippen LogP contribution in [-0.4, -0.2) is 23.6 Å². The second-order valence-electron chi connectivity index (χ2n) is 5.34. The number of rotatable bonds is 5. The Balaban J connectivity index is 2.31. The van der Waals surface area contributed by atoms with Crippen LogP contribution < -0.4 is 5.32 Å². The molecule has 106 valence electrons. The number of aromatic nitrogens is 2. The third-order valence-electron chi connectivity index (χ3n) is 3.47. The largest absolute Gasteiger partial charge is 0.320 e. The molecular weight excluding hydrogens is 246 g/mol. The van der Waals surface area contributed by atoms with Gasteiger partial charge in [-0.05, 0) is 58.0 Å². The predicted molar refractivity (Wildman–Crippen MR) is 83.9 cm³/mol. The number of nitrogens with zero attached hydrogens (tertiary/aromatic N) is 2.